The number of aliphatic hydroxyl groups is 4. The summed E-state index contributed by atoms with van der Waals surface area (Å²) in [5, 5.41) is 40.9. The summed E-state index contributed by atoms with van der Waals surface area (Å²) in [6, 6.07) is 11.1. The Morgan fingerprint density at radius 2 is 1.73 bits per heavy atom. The monoisotopic (exact) mass is 434 g/mol. The van der Waals surface area contributed by atoms with Gasteiger partial charge in [-0.2, -0.15) is 0 Å². The van der Waals surface area contributed by atoms with Crippen LogP contribution in [0.5, 0.6) is 5.75 Å². The van der Waals surface area contributed by atoms with Gasteiger partial charge in [0.15, 0.2) is 0 Å². The topological polar surface area (TPSA) is 116 Å². The Morgan fingerprint density at radius 1 is 1.07 bits per heavy atom. The van der Waals surface area contributed by atoms with Gasteiger partial charge in [0.1, 0.15) is 30.2 Å². The van der Waals surface area contributed by atoms with Crippen molar-refractivity contribution < 1.29 is 34.7 Å². The molecule has 160 valence electrons. The zero-order chi connectivity index (χ0) is 21.6. The van der Waals surface area contributed by atoms with Gasteiger partial charge < -0.3 is 29.9 Å². The van der Waals surface area contributed by atoms with Gasteiger partial charge in [0.05, 0.1) is 6.61 Å². The van der Waals surface area contributed by atoms with E-state index in [0.717, 1.165) is 12.0 Å². The van der Waals surface area contributed by atoms with Crippen molar-refractivity contribution in [2.45, 2.75) is 49.8 Å². The highest BCUT2D eigenvalue weighted by Crippen LogP contribution is 2.49. The van der Waals surface area contributed by atoms with Crippen molar-refractivity contribution in [3.8, 4) is 5.75 Å². The van der Waals surface area contributed by atoms with Crippen LogP contribution in [0.3, 0.4) is 0 Å². The van der Waals surface area contributed by atoms with E-state index in [4.69, 9.17) is 21.1 Å². The van der Waals surface area contributed by atoms with Crippen LogP contribution in [0.25, 0.3) is 0 Å². The predicted octanol–water partition coefficient (Wildman–Crippen LogP) is 1.08. The summed E-state index contributed by atoms with van der Waals surface area (Å²) in [6.45, 7) is 1.42. The van der Waals surface area contributed by atoms with E-state index in [1.807, 2.05) is 24.3 Å². The molecule has 2 aliphatic rings. The van der Waals surface area contributed by atoms with Crippen LogP contribution >= 0.6 is 11.6 Å². The van der Waals surface area contributed by atoms with Crippen molar-refractivity contribution in [3.05, 3.63) is 63.7 Å². The quantitative estimate of drug-likeness (QED) is 0.420. The SMILES string of the molecule is CCc1ccc(Cc2cc3c(cc2Cl)OC(=O)C32O[C@H](CO)[C@@H](O)[C@H](O)[C@H]2O)cc1. The third-order valence-electron chi connectivity index (χ3n) is 5.87. The Bertz CT molecular complexity index is 959. The molecule has 0 aromatic heterocycles. The van der Waals surface area contributed by atoms with Gasteiger partial charge in [-0.3, -0.25) is 0 Å². The van der Waals surface area contributed by atoms with Gasteiger partial charge in [-0.1, -0.05) is 42.8 Å². The highest BCUT2D eigenvalue weighted by atomic mass is 35.5. The minimum absolute atomic E-state index is 0.106. The first-order valence-electron chi connectivity index (χ1n) is 9.77. The van der Waals surface area contributed by atoms with Crippen LogP contribution in [0, 0.1) is 0 Å². The summed E-state index contributed by atoms with van der Waals surface area (Å²) in [6.07, 6.45) is -4.95. The first-order chi connectivity index (χ1) is 14.3. The molecule has 7 nitrogen and oxygen atoms in total. The maximum absolute atomic E-state index is 12.8. The standard InChI is InChI=1S/C22H23ClO7/c1-2-11-3-5-12(6-4-11)7-13-8-14-16(9-15(13)23)29-21(28)22(14)20(27)19(26)18(25)17(10-24)30-22/h3-6,8-9,17-20,24-27H,2,7,10H2,1H3/t17-,18-,19+,20-,22?/m1/s1. The molecule has 0 amide bonds. The van der Waals surface area contributed by atoms with Gasteiger partial charge in [0.25, 0.3) is 0 Å². The highest BCUT2D eigenvalue weighted by Gasteiger charge is 2.63. The number of hydrogen-bond acceptors (Lipinski definition) is 7. The highest BCUT2D eigenvalue weighted by molar-refractivity contribution is 6.31. The van der Waals surface area contributed by atoms with Crippen molar-refractivity contribution in [2.24, 2.45) is 0 Å². The van der Waals surface area contributed by atoms with Crippen molar-refractivity contribution in [1.29, 1.82) is 0 Å². The molecule has 8 heteroatoms. The fourth-order valence-corrected chi connectivity index (χ4v) is 4.29. The van der Waals surface area contributed by atoms with Gasteiger partial charge in [-0.25, -0.2) is 4.79 Å². The van der Waals surface area contributed by atoms with E-state index < -0.39 is 42.6 Å². The van der Waals surface area contributed by atoms with Crippen LogP contribution in [0.2, 0.25) is 5.02 Å². The zero-order valence-corrected chi connectivity index (χ0v) is 17.0. The summed E-state index contributed by atoms with van der Waals surface area (Å²) < 4.78 is 10.9. The second kappa shape index (κ2) is 7.92. The molecule has 0 radical (unpaired) electrons. The summed E-state index contributed by atoms with van der Waals surface area (Å²) >= 11 is 6.41. The number of esters is 1. The van der Waals surface area contributed by atoms with Gasteiger partial charge in [0.2, 0.25) is 5.60 Å². The lowest BCUT2D eigenvalue weighted by atomic mass is 9.80. The Hall–Kier alpha value is -2.00. The number of ether oxygens (including phenoxy) is 2. The van der Waals surface area contributed by atoms with Gasteiger partial charge in [-0.15, -0.1) is 0 Å². The lowest BCUT2D eigenvalue weighted by molar-refractivity contribution is -0.271. The minimum atomic E-state index is -2.06. The largest absolute Gasteiger partial charge is 0.424 e. The van der Waals surface area contributed by atoms with E-state index in [2.05, 4.69) is 6.92 Å². The average Bonchev–Trinajstić information content (AvgIpc) is 3.01. The molecule has 0 aliphatic carbocycles. The van der Waals surface area contributed by atoms with E-state index >= 15 is 0 Å². The molecule has 2 aliphatic heterocycles. The summed E-state index contributed by atoms with van der Waals surface area (Å²) in [5.74, 6) is -0.829. The molecule has 1 unspecified atom stereocenters. The van der Waals surface area contributed by atoms with Crippen LogP contribution in [-0.4, -0.2) is 57.4 Å². The first-order valence-corrected chi connectivity index (χ1v) is 10.2. The number of benzene rings is 2. The number of carbonyl (C=O) groups excluding carboxylic acids is 1. The van der Waals surface area contributed by atoms with E-state index in [9.17, 15) is 25.2 Å². The Balaban J connectivity index is 1.76. The van der Waals surface area contributed by atoms with E-state index in [-0.39, 0.29) is 11.3 Å². The van der Waals surface area contributed by atoms with Crippen LogP contribution in [0.1, 0.15) is 29.2 Å². The number of aliphatic hydroxyl groups excluding tert-OH is 4. The maximum atomic E-state index is 12.8. The van der Waals surface area contributed by atoms with Gasteiger partial charge >= 0.3 is 5.97 Å². The van der Waals surface area contributed by atoms with E-state index in [1.165, 1.54) is 11.6 Å². The van der Waals surface area contributed by atoms with Crippen molar-refractivity contribution in [3.63, 3.8) is 0 Å². The van der Waals surface area contributed by atoms with Crippen LogP contribution < -0.4 is 4.74 Å². The number of hydrogen-bond donors (Lipinski definition) is 4. The van der Waals surface area contributed by atoms with E-state index in [0.29, 0.717) is 17.0 Å². The molecule has 1 spiro atoms. The molecule has 30 heavy (non-hydrogen) atoms. The number of aryl methyl sites for hydroxylation is 1. The predicted molar refractivity (Wildman–Crippen MR) is 107 cm³/mol. The molecular formula is C22H23ClO7. The number of halogens is 1. The first kappa shape index (κ1) is 21.2. The summed E-state index contributed by atoms with van der Waals surface area (Å²) in [4.78, 5) is 12.8. The second-order valence-electron chi connectivity index (χ2n) is 7.68. The fraction of sp³-hybridized carbons (Fsp3) is 0.409. The molecule has 4 rings (SSSR count). The number of fused-ring (bicyclic) bond motifs is 2. The van der Waals surface area contributed by atoms with Crippen molar-refractivity contribution in [1.82, 2.24) is 0 Å². The zero-order valence-electron chi connectivity index (χ0n) is 16.3. The normalized spacial score (nSPS) is 30.4. The maximum Gasteiger partial charge on any atom is 0.351 e. The number of rotatable bonds is 4. The number of carbonyl (C=O) groups is 1. The molecule has 4 N–H and O–H groups in total. The Kier molecular flexibility index (Phi) is 5.61. The molecule has 0 bridgehead atoms. The fourth-order valence-electron chi connectivity index (χ4n) is 4.07. The molecule has 2 aromatic carbocycles. The van der Waals surface area contributed by atoms with Crippen molar-refractivity contribution in [2.75, 3.05) is 6.61 Å². The molecule has 2 heterocycles. The lowest BCUT2D eigenvalue weighted by Crippen LogP contribution is -2.65. The van der Waals surface area contributed by atoms with E-state index in [1.54, 1.807) is 6.07 Å². The molecule has 0 saturated carbocycles. The summed E-state index contributed by atoms with van der Waals surface area (Å²) in [5.41, 5.74) is 1.02. The molecular weight excluding hydrogens is 412 g/mol. The third kappa shape index (κ3) is 3.22. The molecule has 1 saturated heterocycles. The minimum Gasteiger partial charge on any atom is -0.424 e. The Labute approximate surface area is 178 Å². The average molecular weight is 435 g/mol. The summed E-state index contributed by atoms with van der Waals surface area (Å²) in [7, 11) is 0. The molecule has 5 atom stereocenters. The molecule has 2 aromatic rings. The molecule has 1 fully saturated rings. The Morgan fingerprint density at radius 3 is 2.37 bits per heavy atom. The van der Waals surface area contributed by atoms with Crippen LogP contribution in [0.15, 0.2) is 36.4 Å². The van der Waals surface area contributed by atoms with Crippen molar-refractivity contribution >= 4 is 17.6 Å². The van der Waals surface area contributed by atoms with Gasteiger partial charge in [0, 0.05) is 16.7 Å². The second-order valence-corrected chi connectivity index (χ2v) is 8.08. The lowest BCUT2D eigenvalue weighted by Gasteiger charge is -2.44. The van der Waals surface area contributed by atoms with Crippen LogP contribution in [-0.2, 0) is 28.0 Å². The third-order valence-corrected chi connectivity index (χ3v) is 6.22. The van der Waals surface area contributed by atoms with Gasteiger partial charge in [-0.05, 0) is 35.6 Å². The van der Waals surface area contributed by atoms with Crippen LogP contribution in [0.4, 0.5) is 0 Å². The smallest absolute Gasteiger partial charge is 0.351 e.